The fourth-order valence-electron chi connectivity index (χ4n) is 2.72. The monoisotopic (exact) mass is 298 g/mol. The smallest absolute Gasteiger partial charge is 0.261 e. The van der Waals surface area contributed by atoms with Crippen LogP contribution < -0.4 is 5.56 Å². The van der Waals surface area contributed by atoms with Crippen LogP contribution in [0.1, 0.15) is 34.5 Å². The van der Waals surface area contributed by atoms with Crippen molar-refractivity contribution in [1.29, 1.82) is 0 Å². The Hall–Kier alpha value is -1.33. The number of carbonyl (C=O) groups excluding carboxylic acids is 1. The predicted molar refractivity (Wildman–Crippen MR) is 77.5 cm³/mol. The molecule has 1 amide bonds. The van der Waals surface area contributed by atoms with Gasteiger partial charge in [-0.15, -0.1) is 0 Å². The largest absolute Gasteiger partial charge is 0.383 e. The van der Waals surface area contributed by atoms with Gasteiger partial charge in [0.15, 0.2) is 0 Å². The Morgan fingerprint density at radius 2 is 2.20 bits per heavy atom. The molecule has 0 saturated carbocycles. The number of nitrogens with zero attached hydrogens (tertiary/aromatic N) is 1. The third kappa shape index (κ3) is 2.60. The van der Waals surface area contributed by atoms with Crippen LogP contribution in [-0.2, 0) is 4.74 Å². The number of aromatic amines is 1. The first-order valence-corrected chi connectivity index (χ1v) is 7.04. The molecular weight excluding hydrogens is 280 g/mol. The number of nitrogens with one attached hydrogen (secondary N) is 1. The summed E-state index contributed by atoms with van der Waals surface area (Å²) >= 11 is 6.14. The van der Waals surface area contributed by atoms with Crippen LogP contribution in [0.5, 0.6) is 0 Å². The van der Waals surface area contributed by atoms with E-state index in [0.29, 0.717) is 29.4 Å². The number of hydrogen-bond acceptors (Lipinski definition) is 3. The summed E-state index contributed by atoms with van der Waals surface area (Å²) in [4.78, 5) is 29.1. The number of methoxy groups -OCH3 is 1. The van der Waals surface area contributed by atoms with E-state index in [-0.39, 0.29) is 23.1 Å². The van der Waals surface area contributed by atoms with Crippen molar-refractivity contribution in [1.82, 2.24) is 9.88 Å². The second-order valence-electron chi connectivity index (χ2n) is 5.14. The van der Waals surface area contributed by atoms with Crippen LogP contribution in [0.25, 0.3) is 0 Å². The highest BCUT2D eigenvalue weighted by molar-refractivity contribution is 6.32. The lowest BCUT2D eigenvalue weighted by atomic mass is 10.1. The van der Waals surface area contributed by atoms with Gasteiger partial charge in [-0.05, 0) is 32.3 Å². The molecule has 0 spiro atoms. The molecule has 110 valence electrons. The van der Waals surface area contributed by atoms with Crippen molar-refractivity contribution in [3.63, 3.8) is 0 Å². The number of rotatable bonds is 3. The molecule has 1 atom stereocenters. The second-order valence-corrected chi connectivity index (χ2v) is 5.52. The van der Waals surface area contributed by atoms with E-state index in [2.05, 4.69) is 4.98 Å². The maximum atomic E-state index is 12.6. The van der Waals surface area contributed by atoms with Gasteiger partial charge in [-0.25, -0.2) is 0 Å². The fraction of sp³-hybridized carbons (Fsp3) is 0.571. The normalized spacial score (nSPS) is 18.6. The predicted octanol–water partition coefficient (Wildman–Crippen LogP) is 1.90. The summed E-state index contributed by atoms with van der Waals surface area (Å²) in [6.07, 6.45) is 1.83. The number of likely N-dealkylation sites (tertiary alicyclic amines) is 1. The molecule has 1 saturated heterocycles. The summed E-state index contributed by atoms with van der Waals surface area (Å²) in [6, 6.07) is 0.0337. The Balaban J connectivity index is 2.39. The van der Waals surface area contributed by atoms with Crippen molar-refractivity contribution in [2.75, 3.05) is 20.3 Å². The summed E-state index contributed by atoms with van der Waals surface area (Å²) in [6.45, 7) is 4.56. The van der Waals surface area contributed by atoms with Gasteiger partial charge in [0.05, 0.1) is 17.7 Å². The molecular formula is C14H19ClN2O3. The maximum Gasteiger partial charge on any atom is 0.261 e. The molecule has 1 aliphatic heterocycles. The van der Waals surface area contributed by atoms with Crippen molar-refractivity contribution in [3.8, 4) is 0 Å². The minimum absolute atomic E-state index is 0.0337. The quantitative estimate of drug-likeness (QED) is 0.927. The van der Waals surface area contributed by atoms with Crippen molar-refractivity contribution in [2.24, 2.45) is 0 Å². The van der Waals surface area contributed by atoms with Gasteiger partial charge in [0, 0.05) is 19.3 Å². The first-order chi connectivity index (χ1) is 9.47. The summed E-state index contributed by atoms with van der Waals surface area (Å²) in [7, 11) is 1.61. The van der Waals surface area contributed by atoms with E-state index in [9.17, 15) is 9.59 Å². The number of carbonyl (C=O) groups is 1. The van der Waals surface area contributed by atoms with Crippen LogP contribution in [0.3, 0.4) is 0 Å². The lowest BCUT2D eigenvalue weighted by molar-refractivity contribution is 0.0628. The van der Waals surface area contributed by atoms with Gasteiger partial charge in [0.25, 0.3) is 11.5 Å². The number of aryl methyl sites for hydroxylation is 1. The Kier molecular flexibility index (Phi) is 4.50. The molecule has 5 nitrogen and oxygen atoms in total. The Bertz CT molecular complexity index is 583. The van der Waals surface area contributed by atoms with Crippen LogP contribution in [0, 0.1) is 13.8 Å². The number of ether oxygens (including phenoxy) is 1. The molecule has 6 heteroatoms. The van der Waals surface area contributed by atoms with E-state index in [1.54, 1.807) is 25.9 Å². The van der Waals surface area contributed by atoms with Crippen molar-refractivity contribution in [2.45, 2.75) is 32.7 Å². The lowest BCUT2D eigenvalue weighted by Gasteiger charge is -2.24. The summed E-state index contributed by atoms with van der Waals surface area (Å²) in [5, 5.41) is 0.440. The lowest BCUT2D eigenvalue weighted by Crippen LogP contribution is -2.41. The van der Waals surface area contributed by atoms with Crippen LogP contribution >= 0.6 is 11.6 Å². The van der Waals surface area contributed by atoms with E-state index < -0.39 is 0 Å². The zero-order valence-electron chi connectivity index (χ0n) is 12.0. The Morgan fingerprint density at radius 3 is 2.85 bits per heavy atom. The number of pyridine rings is 1. The molecule has 0 aromatic carbocycles. The SMILES string of the molecule is COC[C@H]1CCCN1C(=O)c1c(C)c(Cl)c(C)[nH]c1=O. The van der Waals surface area contributed by atoms with Gasteiger partial charge in [0.1, 0.15) is 5.56 Å². The maximum absolute atomic E-state index is 12.6. The van der Waals surface area contributed by atoms with E-state index >= 15 is 0 Å². The van der Waals surface area contributed by atoms with E-state index in [1.807, 2.05) is 0 Å². The first-order valence-electron chi connectivity index (χ1n) is 6.66. The fourth-order valence-corrected chi connectivity index (χ4v) is 2.86. The molecule has 1 aromatic heterocycles. The molecule has 0 radical (unpaired) electrons. The van der Waals surface area contributed by atoms with Crippen molar-refractivity contribution >= 4 is 17.5 Å². The molecule has 0 unspecified atom stereocenters. The third-order valence-electron chi connectivity index (χ3n) is 3.77. The van der Waals surface area contributed by atoms with Gasteiger partial charge < -0.3 is 14.6 Å². The highest BCUT2D eigenvalue weighted by Crippen LogP contribution is 2.24. The molecule has 0 bridgehead atoms. The average Bonchev–Trinajstić information content (AvgIpc) is 2.84. The average molecular weight is 299 g/mol. The molecule has 1 N–H and O–H groups in total. The molecule has 20 heavy (non-hydrogen) atoms. The molecule has 1 aliphatic rings. The molecule has 0 aliphatic carbocycles. The van der Waals surface area contributed by atoms with Crippen LogP contribution in [0.2, 0.25) is 5.02 Å². The first kappa shape index (κ1) is 15.1. The van der Waals surface area contributed by atoms with Gasteiger partial charge in [-0.3, -0.25) is 9.59 Å². The number of amides is 1. The number of H-pyrrole nitrogens is 1. The zero-order chi connectivity index (χ0) is 14.9. The topological polar surface area (TPSA) is 62.4 Å². The van der Waals surface area contributed by atoms with Gasteiger partial charge in [-0.1, -0.05) is 11.6 Å². The Labute approximate surface area is 122 Å². The van der Waals surface area contributed by atoms with Gasteiger partial charge >= 0.3 is 0 Å². The minimum atomic E-state index is -0.377. The standard InChI is InChI=1S/C14H19ClN2O3/c1-8-11(13(18)16-9(2)12(8)15)14(19)17-6-4-5-10(17)7-20-3/h10H,4-7H2,1-3H3,(H,16,18)/t10-/m1/s1. The van der Waals surface area contributed by atoms with Gasteiger partial charge in [0.2, 0.25) is 0 Å². The van der Waals surface area contributed by atoms with Crippen LogP contribution in [-0.4, -0.2) is 42.1 Å². The van der Waals surface area contributed by atoms with Crippen molar-refractivity contribution in [3.05, 3.63) is 32.2 Å². The number of hydrogen-bond donors (Lipinski definition) is 1. The Morgan fingerprint density at radius 1 is 1.50 bits per heavy atom. The highest BCUT2D eigenvalue weighted by atomic mass is 35.5. The molecule has 1 fully saturated rings. The summed E-state index contributed by atoms with van der Waals surface area (Å²) in [5.41, 5.74) is 0.891. The highest BCUT2D eigenvalue weighted by Gasteiger charge is 2.32. The number of halogens is 1. The summed E-state index contributed by atoms with van der Waals surface area (Å²) < 4.78 is 5.14. The van der Waals surface area contributed by atoms with E-state index in [1.165, 1.54) is 0 Å². The third-order valence-corrected chi connectivity index (χ3v) is 4.34. The van der Waals surface area contributed by atoms with E-state index in [4.69, 9.17) is 16.3 Å². The number of aromatic nitrogens is 1. The van der Waals surface area contributed by atoms with Gasteiger partial charge in [-0.2, -0.15) is 0 Å². The van der Waals surface area contributed by atoms with Crippen molar-refractivity contribution < 1.29 is 9.53 Å². The summed E-state index contributed by atoms with van der Waals surface area (Å²) in [5.74, 6) is -0.259. The minimum Gasteiger partial charge on any atom is -0.383 e. The molecule has 2 rings (SSSR count). The zero-order valence-corrected chi connectivity index (χ0v) is 12.7. The molecule has 1 aromatic rings. The molecule has 2 heterocycles. The second kappa shape index (κ2) is 5.97. The van der Waals surface area contributed by atoms with Crippen LogP contribution in [0.15, 0.2) is 4.79 Å². The van der Waals surface area contributed by atoms with E-state index in [0.717, 1.165) is 12.8 Å². The van der Waals surface area contributed by atoms with Crippen LogP contribution in [0.4, 0.5) is 0 Å².